The highest BCUT2D eigenvalue weighted by atomic mass is 16.2. The van der Waals surface area contributed by atoms with Crippen molar-refractivity contribution >= 4 is 29.6 Å². The Bertz CT molecular complexity index is 1070. The van der Waals surface area contributed by atoms with Crippen LogP contribution in [0.2, 0.25) is 0 Å². The lowest BCUT2D eigenvalue weighted by Crippen LogP contribution is -2.55. The Morgan fingerprint density at radius 1 is 0.943 bits per heavy atom. The molecular weight excluding hydrogens is 448 g/mol. The van der Waals surface area contributed by atoms with E-state index in [1.165, 1.54) is 0 Å². The molecule has 0 bridgehead atoms. The molecular formula is C25H30N6O4. The number of nitrogens with zero attached hydrogens (tertiary/aromatic N) is 3. The molecule has 0 radical (unpaired) electrons. The van der Waals surface area contributed by atoms with Gasteiger partial charge in [0.15, 0.2) is 0 Å². The SMILES string of the molecule is C[C@@]1(CCc2ccccc2)NC(=O)N(NC(=O)CN2CCN(C(=O)Nc3ccccc3)CC2)C1=O. The van der Waals surface area contributed by atoms with Gasteiger partial charge in [-0.05, 0) is 37.5 Å². The fourth-order valence-corrected chi connectivity index (χ4v) is 4.19. The summed E-state index contributed by atoms with van der Waals surface area (Å²) in [4.78, 5) is 53.9. The molecule has 10 nitrogen and oxygen atoms in total. The molecule has 6 amide bonds. The number of carbonyl (C=O) groups excluding carboxylic acids is 4. The summed E-state index contributed by atoms with van der Waals surface area (Å²) >= 11 is 0. The monoisotopic (exact) mass is 478 g/mol. The summed E-state index contributed by atoms with van der Waals surface area (Å²) < 4.78 is 0. The lowest BCUT2D eigenvalue weighted by Gasteiger charge is -2.34. The molecule has 2 aromatic rings. The van der Waals surface area contributed by atoms with Gasteiger partial charge in [0.2, 0.25) is 0 Å². The number of amides is 6. The molecule has 2 heterocycles. The number of para-hydroxylation sites is 1. The summed E-state index contributed by atoms with van der Waals surface area (Å²) in [5.74, 6) is -0.933. The van der Waals surface area contributed by atoms with Gasteiger partial charge < -0.3 is 15.5 Å². The topological polar surface area (TPSA) is 114 Å². The van der Waals surface area contributed by atoms with Crippen LogP contribution in [-0.2, 0) is 16.0 Å². The van der Waals surface area contributed by atoms with Gasteiger partial charge in [0, 0.05) is 31.9 Å². The van der Waals surface area contributed by atoms with E-state index in [4.69, 9.17) is 0 Å². The van der Waals surface area contributed by atoms with E-state index in [9.17, 15) is 19.2 Å². The molecule has 2 aliphatic heterocycles. The first-order chi connectivity index (χ1) is 16.8. The van der Waals surface area contributed by atoms with E-state index in [0.29, 0.717) is 39.0 Å². The third-order valence-corrected chi connectivity index (χ3v) is 6.31. The number of rotatable bonds is 7. The summed E-state index contributed by atoms with van der Waals surface area (Å²) in [5.41, 5.74) is 3.15. The van der Waals surface area contributed by atoms with Crippen molar-refractivity contribution in [2.24, 2.45) is 0 Å². The predicted octanol–water partition coefficient (Wildman–Crippen LogP) is 1.81. The molecule has 10 heteroatoms. The van der Waals surface area contributed by atoms with Crippen LogP contribution in [-0.4, -0.2) is 76.9 Å². The van der Waals surface area contributed by atoms with E-state index in [-0.39, 0.29) is 12.6 Å². The highest BCUT2D eigenvalue weighted by Crippen LogP contribution is 2.22. The van der Waals surface area contributed by atoms with Crippen molar-refractivity contribution in [2.45, 2.75) is 25.3 Å². The number of benzene rings is 2. The van der Waals surface area contributed by atoms with Crippen molar-refractivity contribution in [3.8, 4) is 0 Å². The molecule has 2 fully saturated rings. The number of imide groups is 1. The van der Waals surface area contributed by atoms with Crippen LogP contribution in [0, 0.1) is 0 Å². The number of aryl methyl sites for hydroxylation is 1. The van der Waals surface area contributed by atoms with Gasteiger partial charge >= 0.3 is 12.1 Å². The molecule has 2 aromatic carbocycles. The summed E-state index contributed by atoms with van der Waals surface area (Å²) in [6.07, 6.45) is 1.04. The summed E-state index contributed by atoms with van der Waals surface area (Å²) in [5, 5.41) is 6.33. The standard InChI is InChI=1S/C25H30N6O4/c1-25(13-12-19-8-4-2-5-9-19)22(33)31(24(35)27-25)28-21(32)18-29-14-16-30(17-15-29)23(34)26-20-10-6-3-7-11-20/h2-11H,12-18H2,1H3,(H,26,34)(H,27,35)(H,28,32)/t25-/m0/s1. The van der Waals surface area contributed by atoms with Gasteiger partial charge in [-0.25, -0.2) is 9.59 Å². The smallest absolute Gasteiger partial charge is 0.322 e. The fourth-order valence-electron chi connectivity index (χ4n) is 4.19. The molecule has 0 aliphatic carbocycles. The first-order valence-corrected chi connectivity index (χ1v) is 11.7. The Morgan fingerprint density at radius 2 is 1.57 bits per heavy atom. The third-order valence-electron chi connectivity index (χ3n) is 6.31. The number of urea groups is 2. The average Bonchev–Trinajstić information content (AvgIpc) is 3.07. The molecule has 35 heavy (non-hydrogen) atoms. The first kappa shape index (κ1) is 24.2. The van der Waals surface area contributed by atoms with Crippen LogP contribution in [0.4, 0.5) is 15.3 Å². The maximum atomic E-state index is 12.9. The van der Waals surface area contributed by atoms with Gasteiger partial charge in [-0.2, -0.15) is 5.01 Å². The van der Waals surface area contributed by atoms with Crippen molar-refractivity contribution in [3.63, 3.8) is 0 Å². The van der Waals surface area contributed by atoms with Crippen LogP contribution in [0.5, 0.6) is 0 Å². The largest absolute Gasteiger partial charge is 0.344 e. The average molecular weight is 479 g/mol. The second-order valence-electron chi connectivity index (χ2n) is 8.98. The summed E-state index contributed by atoms with van der Waals surface area (Å²) in [7, 11) is 0. The van der Waals surface area contributed by atoms with E-state index >= 15 is 0 Å². The number of hydrazine groups is 1. The highest BCUT2D eigenvalue weighted by Gasteiger charge is 2.48. The number of carbonyl (C=O) groups is 4. The van der Waals surface area contributed by atoms with Gasteiger partial charge in [-0.1, -0.05) is 48.5 Å². The van der Waals surface area contributed by atoms with E-state index in [2.05, 4.69) is 16.1 Å². The van der Waals surface area contributed by atoms with Crippen LogP contribution < -0.4 is 16.1 Å². The molecule has 0 aromatic heterocycles. The van der Waals surface area contributed by atoms with Gasteiger partial charge in [-0.3, -0.25) is 19.9 Å². The van der Waals surface area contributed by atoms with Crippen LogP contribution in [0.15, 0.2) is 60.7 Å². The Hall–Kier alpha value is -3.92. The molecule has 4 rings (SSSR count). The van der Waals surface area contributed by atoms with E-state index < -0.39 is 23.4 Å². The Kier molecular flexibility index (Phi) is 7.31. The minimum absolute atomic E-state index is 0.0198. The second-order valence-corrected chi connectivity index (χ2v) is 8.98. The van der Waals surface area contributed by atoms with E-state index in [1.807, 2.05) is 65.6 Å². The molecule has 184 valence electrons. The molecule has 0 spiro atoms. The van der Waals surface area contributed by atoms with Gasteiger partial charge in [0.25, 0.3) is 11.8 Å². The molecule has 0 unspecified atom stereocenters. The fraction of sp³-hybridized carbons (Fsp3) is 0.360. The van der Waals surface area contributed by atoms with E-state index in [1.54, 1.807) is 11.8 Å². The van der Waals surface area contributed by atoms with Crippen LogP contribution >= 0.6 is 0 Å². The predicted molar refractivity (Wildman–Crippen MR) is 130 cm³/mol. The molecule has 2 aliphatic rings. The number of piperazine rings is 1. The van der Waals surface area contributed by atoms with Gasteiger partial charge in [-0.15, -0.1) is 0 Å². The maximum Gasteiger partial charge on any atom is 0.344 e. The lowest BCUT2D eigenvalue weighted by molar-refractivity contribution is -0.139. The first-order valence-electron chi connectivity index (χ1n) is 11.7. The van der Waals surface area contributed by atoms with Crippen LogP contribution in [0.1, 0.15) is 18.9 Å². The zero-order chi connectivity index (χ0) is 24.8. The van der Waals surface area contributed by atoms with Gasteiger partial charge in [0.05, 0.1) is 6.54 Å². The summed E-state index contributed by atoms with van der Waals surface area (Å²) in [6, 6.07) is 18.1. The van der Waals surface area contributed by atoms with Crippen molar-refractivity contribution in [2.75, 3.05) is 38.0 Å². The number of anilines is 1. The zero-order valence-corrected chi connectivity index (χ0v) is 19.7. The Morgan fingerprint density at radius 3 is 2.23 bits per heavy atom. The number of hydrogen-bond donors (Lipinski definition) is 3. The Labute approximate surface area is 204 Å². The lowest BCUT2D eigenvalue weighted by atomic mass is 9.93. The molecule has 3 N–H and O–H groups in total. The second kappa shape index (κ2) is 10.6. The quantitative estimate of drug-likeness (QED) is 0.525. The van der Waals surface area contributed by atoms with Crippen LogP contribution in [0.25, 0.3) is 0 Å². The number of nitrogens with one attached hydrogen (secondary N) is 3. The van der Waals surface area contributed by atoms with Crippen molar-refractivity contribution in [1.82, 2.24) is 25.6 Å². The van der Waals surface area contributed by atoms with Crippen molar-refractivity contribution < 1.29 is 19.2 Å². The van der Waals surface area contributed by atoms with E-state index in [0.717, 1.165) is 16.3 Å². The van der Waals surface area contributed by atoms with Gasteiger partial charge in [0.1, 0.15) is 5.54 Å². The Balaban J connectivity index is 1.23. The van der Waals surface area contributed by atoms with Crippen LogP contribution in [0.3, 0.4) is 0 Å². The zero-order valence-electron chi connectivity index (χ0n) is 19.7. The summed E-state index contributed by atoms with van der Waals surface area (Å²) in [6.45, 7) is 3.63. The minimum atomic E-state index is -1.09. The maximum absolute atomic E-state index is 12.9. The van der Waals surface area contributed by atoms with Crippen molar-refractivity contribution in [1.29, 1.82) is 0 Å². The van der Waals surface area contributed by atoms with Crippen molar-refractivity contribution in [3.05, 3.63) is 66.2 Å². The molecule has 2 saturated heterocycles. The normalized spacial score (nSPS) is 20.5. The highest BCUT2D eigenvalue weighted by molar-refractivity contribution is 6.07. The number of hydrogen-bond acceptors (Lipinski definition) is 5. The third kappa shape index (κ3) is 5.96. The molecule has 0 saturated carbocycles. The minimum Gasteiger partial charge on any atom is -0.322 e. The molecule has 1 atom stereocenters.